The molecule has 132 valence electrons. The first-order chi connectivity index (χ1) is 11.9. The summed E-state index contributed by atoms with van der Waals surface area (Å²) in [6, 6.07) is 5.79. The van der Waals surface area contributed by atoms with Crippen LogP contribution in [0.1, 0.15) is 46.9 Å². The Balaban J connectivity index is 1.89. The smallest absolute Gasteiger partial charge is 0.252 e. The van der Waals surface area contributed by atoms with Gasteiger partial charge in [0.2, 0.25) is 5.91 Å². The van der Waals surface area contributed by atoms with Crippen LogP contribution in [0.5, 0.6) is 0 Å². The number of likely N-dealkylation sites (tertiary alicyclic amines) is 1. The summed E-state index contributed by atoms with van der Waals surface area (Å²) in [7, 11) is 0. The molecule has 2 amide bonds. The maximum Gasteiger partial charge on any atom is 0.252 e. The van der Waals surface area contributed by atoms with Gasteiger partial charge in [0.25, 0.3) is 5.91 Å². The van der Waals surface area contributed by atoms with Gasteiger partial charge < -0.3 is 10.2 Å². The lowest BCUT2D eigenvalue weighted by atomic mass is 10.0. The van der Waals surface area contributed by atoms with Crippen LogP contribution in [-0.4, -0.2) is 40.8 Å². The summed E-state index contributed by atoms with van der Waals surface area (Å²) in [5.74, 6) is -0.00810. The zero-order valence-corrected chi connectivity index (χ0v) is 15.3. The van der Waals surface area contributed by atoms with Crippen LogP contribution in [0.3, 0.4) is 0 Å². The van der Waals surface area contributed by atoms with Crippen molar-refractivity contribution in [3.8, 4) is 0 Å². The van der Waals surface area contributed by atoms with Crippen molar-refractivity contribution in [1.29, 1.82) is 0 Å². The van der Waals surface area contributed by atoms with E-state index in [9.17, 15) is 9.59 Å². The van der Waals surface area contributed by atoms with Crippen LogP contribution in [0.25, 0.3) is 10.9 Å². The van der Waals surface area contributed by atoms with Crippen molar-refractivity contribution in [1.82, 2.24) is 15.2 Å². The number of nitrogens with one attached hydrogen (secondary N) is 1. The topological polar surface area (TPSA) is 62.3 Å². The van der Waals surface area contributed by atoms with E-state index in [0.717, 1.165) is 40.7 Å². The highest BCUT2D eigenvalue weighted by atomic mass is 16.2. The molecule has 3 rings (SSSR count). The third kappa shape index (κ3) is 3.50. The highest BCUT2D eigenvalue weighted by Gasteiger charge is 2.30. The normalized spacial score (nSPS) is 17.4. The fourth-order valence-corrected chi connectivity index (χ4v) is 3.61. The van der Waals surface area contributed by atoms with Gasteiger partial charge in [-0.2, -0.15) is 0 Å². The monoisotopic (exact) mass is 339 g/mol. The van der Waals surface area contributed by atoms with Crippen LogP contribution in [-0.2, 0) is 4.79 Å². The molecule has 2 aromatic rings. The van der Waals surface area contributed by atoms with Crippen LogP contribution >= 0.6 is 0 Å². The number of carbonyl (C=O) groups excluding carboxylic acids is 2. The molecule has 1 atom stereocenters. The number of pyridine rings is 1. The average Bonchev–Trinajstić information content (AvgIpc) is 2.87. The molecule has 1 aromatic carbocycles. The lowest BCUT2D eigenvalue weighted by Crippen LogP contribution is -2.37. The van der Waals surface area contributed by atoms with Gasteiger partial charge in [-0.1, -0.05) is 18.6 Å². The molecule has 0 aliphatic carbocycles. The molecule has 5 nitrogen and oxygen atoms in total. The molecule has 1 fully saturated rings. The summed E-state index contributed by atoms with van der Waals surface area (Å²) < 4.78 is 0. The van der Waals surface area contributed by atoms with E-state index < -0.39 is 0 Å². The first-order valence-corrected chi connectivity index (χ1v) is 8.86. The van der Waals surface area contributed by atoms with Gasteiger partial charge in [0.1, 0.15) is 0 Å². The first-order valence-electron chi connectivity index (χ1n) is 8.86. The first kappa shape index (κ1) is 17.4. The van der Waals surface area contributed by atoms with E-state index in [-0.39, 0.29) is 17.9 Å². The minimum absolute atomic E-state index is 0.120. The number of nitrogens with zero attached hydrogens (tertiary/aromatic N) is 2. The van der Waals surface area contributed by atoms with Crippen LogP contribution in [0.15, 0.2) is 18.2 Å². The highest BCUT2D eigenvalue weighted by molar-refractivity contribution is 6.07. The van der Waals surface area contributed by atoms with Gasteiger partial charge in [-0.15, -0.1) is 0 Å². The number of benzene rings is 1. The predicted molar refractivity (Wildman–Crippen MR) is 98.7 cm³/mol. The molecule has 2 heterocycles. The Morgan fingerprint density at radius 2 is 2.04 bits per heavy atom. The summed E-state index contributed by atoms with van der Waals surface area (Å²) in [5, 5.41) is 3.91. The Morgan fingerprint density at radius 3 is 2.76 bits per heavy atom. The van der Waals surface area contributed by atoms with Crippen molar-refractivity contribution in [2.45, 2.75) is 46.6 Å². The van der Waals surface area contributed by atoms with E-state index in [1.54, 1.807) is 0 Å². The fourth-order valence-electron chi connectivity index (χ4n) is 3.61. The van der Waals surface area contributed by atoms with Gasteiger partial charge in [-0.05, 0) is 44.9 Å². The summed E-state index contributed by atoms with van der Waals surface area (Å²) in [6.07, 6.45) is 1.31. The van der Waals surface area contributed by atoms with Crippen molar-refractivity contribution in [2.75, 3.05) is 13.1 Å². The Hall–Kier alpha value is -2.43. The van der Waals surface area contributed by atoms with E-state index in [1.807, 2.05) is 37.8 Å². The summed E-state index contributed by atoms with van der Waals surface area (Å²) in [5.41, 5.74) is 4.49. The summed E-state index contributed by atoms with van der Waals surface area (Å²) in [4.78, 5) is 31.3. The van der Waals surface area contributed by atoms with Crippen molar-refractivity contribution in [2.24, 2.45) is 0 Å². The fraction of sp³-hybridized carbons (Fsp3) is 0.450. The highest BCUT2D eigenvalue weighted by Crippen LogP contribution is 2.24. The average molecular weight is 339 g/mol. The molecule has 0 bridgehead atoms. The largest absolute Gasteiger partial charge is 0.347 e. The number of aromatic nitrogens is 1. The second kappa shape index (κ2) is 6.82. The quantitative estimate of drug-likeness (QED) is 0.932. The molecule has 1 saturated heterocycles. The Labute approximate surface area is 148 Å². The minimum atomic E-state index is -0.128. The second-order valence-electron chi connectivity index (χ2n) is 7.00. The Morgan fingerprint density at radius 1 is 1.28 bits per heavy atom. The number of aryl methyl sites for hydroxylation is 3. The summed E-state index contributed by atoms with van der Waals surface area (Å²) in [6.45, 7) is 9.33. The zero-order chi connectivity index (χ0) is 18.1. The van der Waals surface area contributed by atoms with Crippen LogP contribution in [0, 0.1) is 20.8 Å². The van der Waals surface area contributed by atoms with E-state index >= 15 is 0 Å². The van der Waals surface area contributed by atoms with Gasteiger partial charge in [-0.3, -0.25) is 14.6 Å². The van der Waals surface area contributed by atoms with Crippen molar-refractivity contribution >= 4 is 22.7 Å². The molecule has 1 aromatic heterocycles. The van der Waals surface area contributed by atoms with Crippen molar-refractivity contribution in [3.05, 3.63) is 40.6 Å². The molecular formula is C20H25N3O2. The molecule has 1 aliphatic rings. The lowest BCUT2D eigenvalue weighted by Gasteiger charge is -2.17. The molecule has 1 N–H and O–H groups in total. The van der Waals surface area contributed by atoms with Gasteiger partial charge in [0, 0.05) is 30.6 Å². The van der Waals surface area contributed by atoms with Crippen LogP contribution in [0.4, 0.5) is 0 Å². The SMILES string of the molecule is CCCN1C[C@H](NC(=O)c2cc(C)nc3c(C)cc(C)cc23)CC1=O. The Bertz CT molecular complexity index is 844. The van der Waals surface area contributed by atoms with E-state index in [0.29, 0.717) is 18.5 Å². The van der Waals surface area contributed by atoms with E-state index in [4.69, 9.17) is 0 Å². The molecule has 1 aliphatic heterocycles. The van der Waals surface area contributed by atoms with Crippen LogP contribution in [0.2, 0.25) is 0 Å². The third-order valence-corrected chi connectivity index (χ3v) is 4.66. The third-order valence-electron chi connectivity index (χ3n) is 4.66. The van der Waals surface area contributed by atoms with Gasteiger partial charge in [-0.25, -0.2) is 0 Å². The molecule has 25 heavy (non-hydrogen) atoms. The lowest BCUT2D eigenvalue weighted by molar-refractivity contribution is -0.127. The maximum absolute atomic E-state index is 12.9. The minimum Gasteiger partial charge on any atom is -0.347 e. The second-order valence-corrected chi connectivity index (χ2v) is 7.00. The molecule has 0 spiro atoms. The van der Waals surface area contributed by atoms with Gasteiger partial charge in [0.05, 0.1) is 17.1 Å². The number of rotatable bonds is 4. The zero-order valence-electron chi connectivity index (χ0n) is 15.3. The standard InChI is InChI=1S/C20H25N3O2/c1-5-6-23-11-15(10-18(23)24)22-20(25)17-9-14(4)21-19-13(3)7-12(2)8-16(17)19/h7-9,15H,5-6,10-11H2,1-4H3,(H,22,25)/t15-/m1/s1. The van der Waals surface area contributed by atoms with Crippen molar-refractivity contribution in [3.63, 3.8) is 0 Å². The molecule has 0 saturated carbocycles. The number of amides is 2. The number of fused-ring (bicyclic) bond motifs is 1. The summed E-state index contributed by atoms with van der Waals surface area (Å²) >= 11 is 0. The van der Waals surface area contributed by atoms with Gasteiger partial charge >= 0.3 is 0 Å². The maximum atomic E-state index is 12.9. The number of hydrogen-bond acceptors (Lipinski definition) is 3. The van der Waals surface area contributed by atoms with Crippen molar-refractivity contribution < 1.29 is 9.59 Å². The van der Waals surface area contributed by atoms with E-state index in [2.05, 4.69) is 23.3 Å². The number of hydrogen-bond donors (Lipinski definition) is 1. The number of carbonyl (C=O) groups is 2. The molecule has 0 radical (unpaired) electrons. The molecular weight excluding hydrogens is 314 g/mol. The Kier molecular flexibility index (Phi) is 4.75. The predicted octanol–water partition coefficient (Wildman–Crippen LogP) is 2.90. The van der Waals surface area contributed by atoms with Crippen LogP contribution < -0.4 is 5.32 Å². The molecule has 5 heteroatoms. The van der Waals surface area contributed by atoms with E-state index in [1.165, 1.54) is 0 Å². The molecule has 0 unspecified atom stereocenters. The van der Waals surface area contributed by atoms with Gasteiger partial charge in [0.15, 0.2) is 0 Å².